The van der Waals surface area contributed by atoms with Crippen LogP contribution in [-0.2, 0) is 11.8 Å². The molecule has 1 rings (SSSR count). The number of rotatable bonds is 4. The van der Waals surface area contributed by atoms with E-state index in [1.165, 1.54) is 17.5 Å². The van der Waals surface area contributed by atoms with Gasteiger partial charge in [0.05, 0.1) is 0 Å². The fraction of sp³-hybridized carbons (Fsp3) is 0.429. The molecule has 0 heteroatoms. The van der Waals surface area contributed by atoms with E-state index in [2.05, 4.69) is 51.6 Å². The van der Waals surface area contributed by atoms with E-state index in [4.69, 9.17) is 0 Å². The van der Waals surface area contributed by atoms with Crippen LogP contribution in [0.4, 0.5) is 0 Å². The van der Waals surface area contributed by atoms with Crippen LogP contribution in [0.25, 0.3) is 0 Å². The topological polar surface area (TPSA) is 0 Å². The predicted octanol–water partition coefficient (Wildman–Crippen LogP) is 4.10. The summed E-state index contributed by atoms with van der Waals surface area (Å²) in [7, 11) is 0. The minimum absolute atomic E-state index is 0.298. The third-order valence-electron chi connectivity index (χ3n) is 3.00. The van der Waals surface area contributed by atoms with Crippen molar-refractivity contribution in [1.29, 1.82) is 0 Å². The van der Waals surface area contributed by atoms with Crippen molar-refractivity contribution in [2.24, 2.45) is 0 Å². The average Bonchev–Trinajstić information content (AvgIpc) is 2.19. The van der Waals surface area contributed by atoms with Crippen molar-refractivity contribution in [3.8, 4) is 0 Å². The molecule has 0 fully saturated rings. The Morgan fingerprint density at radius 2 is 1.79 bits per heavy atom. The van der Waals surface area contributed by atoms with Gasteiger partial charge in [-0.1, -0.05) is 51.1 Å². The molecule has 0 amide bonds. The summed E-state index contributed by atoms with van der Waals surface area (Å²) >= 11 is 0. The van der Waals surface area contributed by atoms with Crippen molar-refractivity contribution in [3.63, 3.8) is 0 Å². The molecule has 1 aromatic rings. The lowest BCUT2D eigenvalue weighted by Crippen LogP contribution is -2.15. The van der Waals surface area contributed by atoms with Crippen LogP contribution in [-0.4, -0.2) is 0 Å². The highest BCUT2D eigenvalue weighted by Gasteiger charge is 2.16. The van der Waals surface area contributed by atoms with Gasteiger partial charge in [-0.05, 0) is 29.4 Å². The maximum absolute atomic E-state index is 3.74. The van der Waals surface area contributed by atoms with Crippen molar-refractivity contribution in [1.82, 2.24) is 0 Å². The Labute approximate surface area is 87.7 Å². The first kappa shape index (κ1) is 11.0. The first-order valence-corrected chi connectivity index (χ1v) is 5.30. The van der Waals surface area contributed by atoms with E-state index in [9.17, 15) is 0 Å². The van der Waals surface area contributed by atoms with Gasteiger partial charge in [0.25, 0.3) is 0 Å². The van der Waals surface area contributed by atoms with Crippen LogP contribution in [0.1, 0.15) is 38.3 Å². The second kappa shape index (κ2) is 4.45. The third-order valence-corrected chi connectivity index (χ3v) is 3.00. The summed E-state index contributed by atoms with van der Waals surface area (Å²) in [6, 6.07) is 8.88. The quantitative estimate of drug-likeness (QED) is 0.624. The van der Waals surface area contributed by atoms with E-state index in [0.717, 1.165) is 6.42 Å². The smallest absolute Gasteiger partial charge is 0.0100 e. The van der Waals surface area contributed by atoms with E-state index in [1.807, 2.05) is 6.08 Å². The van der Waals surface area contributed by atoms with Crippen molar-refractivity contribution in [2.75, 3.05) is 0 Å². The Kier molecular flexibility index (Phi) is 3.51. The van der Waals surface area contributed by atoms with E-state index >= 15 is 0 Å². The van der Waals surface area contributed by atoms with E-state index in [1.54, 1.807) is 0 Å². The van der Waals surface area contributed by atoms with Gasteiger partial charge in [0.15, 0.2) is 0 Å². The third kappa shape index (κ3) is 2.47. The lowest BCUT2D eigenvalue weighted by molar-refractivity contribution is 0.506. The lowest BCUT2D eigenvalue weighted by Gasteiger charge is -2.23. The zero-order valence-electron chi connectivity index (χ0n) is 9.51. The molecule has 0 saturated heterocycles. The lowest BCUT2D eigenvalue weighted by atomic mass is 9.82. The number of hydrogen-bond acceptors (Lipinski definition) is 0. The second-order valence-electron chi connectivity index (χ2n) is 4.43. The molecule has 0 unspecified atom stereocenters. The zero-order valence-corrected chi connectivity index (χ0v) is 9.51. The number of allylic oxidation sites excluding steroid dienone is 1. The molecule has 0 aliphatic rings. The maximum Gasteiger partial charge on any atom is -0.0100 e. The average molecular weight is 188 g/mol. The Hall–Kier alpha value is -1.04. The Bertz CT molecular complexity index is 290. The molecular formula is C14H20. The van der Waals surface area contributed by atoms with E-state index in [-0.39, 0.29) is 0 Å². The van der Waals surface area contributed by atoms with Crippen LogP contribution >= 0.6 is 0 Å². The van der Waals surface area contributed by atoms with Crippen molar-refractivity contribution < 1.29 is 0 Å². The summed E-state index contributed by atoms with van der Waals surface area (Å²) in [6.07, 6.45) is 4.08. The highest BCUT2D eigenvalue weighted by Crippen LogP contribution is 2.26. The van der Waals surface area contributed by atoms with Gasteiger partial charge in [-0.3, -0.25) is 0 Å². The molecule has 0 saturated carbocycles. The summed E-state index contributed by atoms with van der Waals surface area (Å²) in [5.74, 6) is 0. The SMILES string of the molecule is C=CCc1ccc(C(C)(C)CC)cc1. The summed E-state index contributed by atoms with van der Waals surface area (Å²) in [5, 5.41) is 0. The first-order valence-electron chi connectivity index (χ1n) is 5.30. The van der Waals surface area contributed by atoms with Crippen molar-refractivity contribution >= 4 is 0 Å². The van der Waals surface area contributed by atoms with Gasteiger partial charge in [-0.15, -0.1) is 6.58 Å². The highest BCUT2D eigenvalue weighted by atomic mass is 14.2. The van der Waals surface area contributed by atoms with Crippen LogP contribution in [0, 0.1) is 0 Å². The molecule has 0 aliphatic heterocycles. The molecule has 0 nitrogen and oxygen atoms in total. The predicted molar refractivity (Wildman–Crippen MR) is 63.7 cm³/mol. The van der Waals surface area contributed by atoms with Gasteiger partial charge in [-0.25, -0.2) is 0 Å². The van der Waals surface area contributed by atoms with Crippen LogP contribution in [0.5, 0.6) is 0 Å². The summed E-state index contributed by atoms with van der Waals surface area (Å²) in [6.45, 7) is 10.6. The fourth-order valence-electron chi connectivity index (χ4n) is 1.46. The van der Waals surface area contributed by atoms with Gasteiger partial charge in [0.1, 0.15) is 0 Å². The van der Waals surface area contributed by atoms with Crippen molar-refractivity contribution in [3.05, 3.63) is 48.0 Å². The van der Waals surface area contributed by atoms with E-state index in [0.29, 0.717) is 5.41 Å². The van der Waals surface area contributed by atoms with Gasteiger partial charge < -0.3 is 0 Å². The molecule has 0 aliphatic carbocycles. The molecule has 14 heavy (non-hydrogen) atoms. The molecule has 0 atom stereocenters. The summed E-state index contributed by atoms with van der Waals surface area (Å²) in [4.78, 5) is 0. The molecule has 0 N–H and O–H groups in total. The van der Waals surface area contributed by atoms with Crippen LogP contribution < -0.4 is 0 Å². The minimum atomic E-state index is 0.298. The molecule has 0 heterocycles. The summed E-state index contributed by atoms with van der Waals surface area (Å²) < 4.78 is 0. The van der Waals surface area contributed by atoms with Gasteiger partial charge in [-0.2, -0.15) is 0 Å². The normalized spacial score (nSPS) is 11.4. The monoisotopic (exact) mass is 188 g/mol. The number of benzene rings is 1. The molecular weight excluding hydrogens is 168 g/mol. The minimum Gasteiger partial charge on any atom is -0.103 e. The van der Waals surface area contributed by atoms with Gasteiger partial charge >= 0.3 is 0 Å². The second-order valence-corrected chi connectivity index (χ2v) is 4.43. The first-order chi connectivity index (χ1) is 6.60. The molecule has 1 aromatic carbocycles. The van der Waals surface area contributed by atoms with Gasteiger partial charge in [0, 0.05) is 0 Å². The molecule has 0 spiro atoms. The Morgan fingerprint density at radius 1 is 1.21 bits per heavy atom. The standard InChI is InChI=1S/C14H20/c1-5-7-12-8-10-13(11-9-12)14(3,4)6-2/h5,8-11H,1,6-7H2,2-4H3. The Balaban J connectivity index is 2.87. The molecule has 0 radical (unpaired) electrons. The fourth-order valence-corrected chi connectivity index (χ4v) is 1.46. The zero-order chi connectivity index (χ0) is 10.6. The molecule has 0 bridgehead atoms. The van der Waals surface area contributed by atoms with Gasteiger partial charge in [0.2, 0.25) is 0 Å². The Morgan fingerprint density at radius 3 is 2.21 bits per heavy atom. The summed E-state index contributed by atoms with van der Waals surface area (Å²) in [5.41, 5.74) is 3.07. The molecule has 76 valence electrons. The maximum atomic E-state index is 3.74. The van der Waals surface area contributed by atoms with Crippen LogP contribution in [0.2, 0.25) is 0 Å². The van der Waals surface area contributed by atoms with Crippen LogP contribution in [0.15, 0.2) is 36.9 Å². The number of hydrogen-bond donors (Lipinski definition) is 0. The largest absolute Gasteiger partial charge is 0.103 e. The highest BCUT2D eigenvalue weighted by molar-refractivity contribution is 5.28. The van der Waals surface area contributed by atoms with Crippen molar-refractivity contribution in [2.45, 2.75) is 39.0 Å². The van der Waals surface area contributed by atoms with Crippen LogP contribution in [0.3, 0.4) is 0 Å². The molecule has 0 aromatic heterocycles. The van der Waals surface area contributed by atoms with E-state index < -0.39 is 0 Å².